The first-order valence-electron chi connectivity index (χ1n) is 6.91. The maximum absolute atomic E-state index is 12.3. The SMILES string of the molecule is CC1(C)SC(CN2C(=O)c3ccccc3C2=O)NC1C(=O)[O-]. The molecule has 1 fully saturated rings. The van der Waals surface area contributed by atoms with Crippen molar-refractivity contribution in [3.8, 4) is 0 Å². The van der Waals surface area contributed by atoms with Gasteiger partial charge in [-0.2, -0.15) is 0 Å². The van der Waals surface area contributed by atoms with E-state index in [1.54, 1.807) is 38.1 Å². The third-order valence-corrected chi connectivity index (χ3v) is 5.37. The molecule has 0 radical (unpaired) electrons. The number of carbonyl (C=O) groups is 3. The number of carboxylic acid groups (broad SMARTS) is 1. The standard InChI is InChI=1S/C15H16N2O4S/c1-15(2)11(14(20)21)16-10(22-15)7-17-12(18)8-5-3-4-6-9(8)13(17)19/h3-6,10-11,16H,7H2,1-2H3,(H,20,21)/p-1. The predicted molar refractivity (Wildman–Crippen MR) is 79.2 cm³/mol. The quantitative estimate of drug-likeness (QED) is 0.779. The number of benzene rings is 1. The number of imide groups is 1. The Morgan fingerprint density at radius 1 is 1.27 bits per heavy atom. The molecule has 1 N–H and O–H groups in total. The summed E-state index contributed by atoms with van der Waals surface area (Å²) in [6.45, 7) is 3.73. The van der Waals surface area contributed by atoms with E-state index in [1.807, 2.05) is 0 Å². The van der Waals surface area contributed by atoms with Crippen molar-refractivity contribution in [2.75, 3.05) is 6.54 Å². The van der Waals surface area contributed by atoms with Gasteiger partial charge in [-0.25, -0.2) is 0 Å². The smallest absolute Gasteiger partial charge is 0.261 e. The highest BCUT2D eigenvalue weighted by Crippen LogP contribution is 2.38. The van der Waals surface area contributed by atoms with Crippen LogP contribution in [0.4, 0.5) is 0 Å². The molecular formula is C15H15N2O4S-. The second kappa shape index (κ2) is 5.10. The van der Waals surface area contributed by atoms with Crippen LogP contribution in [0.5, 0.6) is 0 Å². The molecule has 6 nitrogen and oxygen atoms in total. The molecule has 0 aliphatic carbocycles. The van der Waals surface area contributed by atoms with Crippen LogP contribution in [0.2, 0.25) is 0 Å². The highest BCUT2D eigenvalue weighted by Gasteiger charge is 2.44. The average molecular weight is 319 g/mol. The average Bonchev–Trinajstić information content (AvgIpc) is 2.89. The first-order valence-corrected chi connectivity index (χ1v) is 7.79. The second-order valence-electron chi connectivity index (χ2n) is 5.90. The molecule has 3 rings (SSSR count). The third-order valence-electron chi connectivity index (χ3n) is 3.96. The Kier molecular flexibility index (Phi) is 3.49. The molecule has 0 aromatic heterocycles. The van der Waals surface area contributed by atoms with Crippen LogP contribution in [0.1, 0.15) is 34.6 Å². The van der Waals surface area contributed by atoms with Crippen molar-refractivity contribution in [3.05, 3.63) is 35.4 Å². The summed E-state index contributed by atoms with van der Waals surface area (Å²) in [5.41, 5.74) is 0.789. The normalized spacial score (nSPS) is 26.4. The number of nitrogens with zero attached hydrogens (tertiary/aromatic N) is 1. The summed E-state index contributed by atoms with van der Waals surface area (Å²) in [6, 6.07) is 5.85. The molecular weight excluding hydrogens is 304 g/mol. The van der Waals surface area contributed by atoms with Gasteiger partial charge in [-0.3, -0.25) is 19.8 Å². The van der Waals surface area contributed by atoms with Gasteiger partial charge in [0.2, 0.25) is 0 Å². The van der Waals surface area contributed by atoms with Crippen molar-refractivity contribution in [1.29, 1.82) is 0 Å². The summed E-state index contributed by atoms with van der Waals surface area (Å²) >= 11 is 1.40. The number of fused-ring (bicyclic) bond motifs is 1. The Labute approximate surface area is 131 Å². The van der Waals surface area contributed by atoms with Gasteiger partial charge >= 0.3 is 0 Å². The summed E-state index contributed by atoms with van der Waals surface area (Å²) < 4.78 is -0.567. The topological polar surface area (TPSA) is 89.5 Å². The lowest BCUT2D eigenvalue weighted by Gasteiger charge is -2.25. The lowest BCUT2D eigenvalue weighted by atomic mass is 10.0. The van der Waals surface area contributed by atoms with Crippen LogP contribution in [0.25, 0.3) is 0 Å². The number of amides is 2. The summed E-state index contributed by atoms with van der Waals surface area (Å²) in [7, 11) is 0. The number of carboxylic acids is 1. The number of hydrogen-bond donors (Lipinski definition) is 1. The highest BCUT2D eigenvalue weighted by atomic mass is 32.2. The highest BCUT2D eigenvalue weighted by molar-refractivity contribution is 8.01. The molecule has 7 heteroatoms. The van der Waals surface area contributed by atoms with Crippen LogP contribution >= 0.6 is 11.8 Å². The van der Waals surface area contributed by atoms with Gasteiger partial charge in [-0.05, 0) is 26.0 Å². The van der Waals surface area contributed by atoms with Crippen LogP contribution in [-0.2, 0) is 4.79 Å². The van der Waals surface area contributed by atoms with Gasteiger partial charge in [0, 0.05) is 4.75 Å². The minimum atomic E-state index is -1.18. The number of carbonyl (C=O) groups excluding carboxylic acids is 3. The number of rotatable bonds is 3. The van der Waals surface area contributed by atoms with Gasteiger partial charge in [0.15, 0.2) is 0 Å². The van der Waals surface area contributed by atoms with Crippen molar-refractivity contribution in [1.82, 2.24) is 10.2 Å². The molecule has 0 spiro atoms. The molecule has 2 atom stereocenters. The zero-order valence-corrected chi connectivity index (χ0v) is 13.0. The molecule has 2 aliphatic rings. The maximum atomic E-state index is 12.3. The number of thioether (sulfide) groups is 1. The minimum Gasteiger partial charge on any atom is -0.548 e. The van der Waals surface area contributed by atoms with E-state index in [1.165, 1.54) is 16.7 Å². The van der Waals surface area contributed by atoms with Crippen LogP contribution in [0, 0.1) is 0 Å². The van der Waals surface area contributed by atoms with Gasteiger partial charge in [0.1, 0.15) is 0 Å². The third kappa shape index (κ3) is 2.30. The molecule has 1 saturated heterocycles. The second-order valence-corrected chi connectivity index (χ2v) is 7.75. The van der Waals surface area contributed by atoms with Gasteiger partial charge in [-0.1, -0.05) is 12.1 Å². The minimum absolute atomic E-state index is 0.129. The number of aliphatic carboxylic acids is 1. The number of hydrogen-bond acceptors (Lipinski definition) is 6. The summed E-state index contributed by atoms with van der Waals surface area (Å²) in [4.78, 5) is 37.0. The van der Waals surface area contributed by atoms with Gasteiger partial charge in [0.05, 0.1) is 35.1 Å². The summed E-state index contributed by atoms with van der Waals surface area (Å²) in [5.74, 6) is -1.85. The Morgan fingerprint density at radius 3 is 2.27 bits per heavy atom. The van der Waals surface area contributed by atoms with Crippen molar-refractivity contribution in [2.45, 2.75) is 30.0 Å². The van der Waals surface area contributed by atoms with E-state index < -0.39 is 16.8 Å². The largest absolute Gasteiger partial charge is 0.548 e. The fourth-order valence-corrected chi connectivity index (χ4v) is 4.33. The van der Waals surface area contributed by atoms with E-state index in [4.69, 9.17) is 0 Å². The van der Waals surface area contributed by atoms with Crippen molar-refractivity contribution >= 4 is 29.5 Å². The molecule has 2 aliphatic heterocycles. The Balaban J connectivity index is 1.78. The van der Waals surface area contributed by atoms with Crippen molar-refractivity contribution < 1.29 is 19.5 Å². The summed E-state index contributed by atoms with van der Waals surface area (Å²) in [5, 5.41) is 13.8. The van der Waals surface area contributed by atoms with E-state index in [2.05, 4.69) is 5.32 Å². The molecule has 1 aromatic rings. The lowest BCUT2D eigenvalue weighted by Crippen LogP contribution is -2.52. The van der Waals surface area contributed by atoms with Crippen LogP contribution in [0.15, 0.2) is 24.3 Å². The van der Waals surface area contributed by atoms with E-state index >= 15 is 0 Å². The maximum Gasteiger partial charge on any atom is 0.261 e. The summed E-state index contributed by atoms with van der Waals surface area (Å²) in [6.07, 6.45) is 0. The molecule has 0 saturated carbocycles. The molecule has 2 unspecified atom stereocenters. The fourth-order valence-electron chi connectivity index (χ4n) is 2.87. The monoisotopic (exact) mass is 319 g/mol. The van der Waals surface area contributed by atoms with E-state index in [0.717, 1.165) is 0 Å². The van der Waals surface area contributed by atoms with Crippen LogP contribution in [0.3, 0.4) is 0 Å². The molecule has 2 amide bonds. The zero-order valence-electron chi connectivity index (χ0n) is 12.2. The Hall–Kier alpha value is -1.86. The van der Waals surface area contributed by atoms with E-state index in [-0.39, 0.29) is 23.7 Å². The number of nitrogens with one attached hydrogen (secondary N) is 1. The van der Waals surface area contributed by atoms with Crippen molar-refractivity contribution in [2.24, 2.45) is 0 Å². The molecule has 22 heavy (non-hydrogen) atoms. The van der Waals surface area contributed by atoms with Gasteiger partial charge in [0.25, 0.3) is 11.8 Å². The molecule has 116 valence electrons. The van der Waals surface area contributed by atoms with Gasteiger partial charge < -0.3 is 9.90 Å². The van der Waals surface area contributed by atoms with E-state index in [9.17, 15) is 19.5 Å². The van der Waals surface area contributed by atoms with Gasteiger partial charge in [-0.15, -0.1) is 11.8 Å². The van der Waals surface area contributed by atoms with Crippen LogP contribution < -0.4 is 10.4 Å². The van der Waals surface area contributed by atoms with Crippen LogP contribution in [-0.4, -0.2) is 45.4 Å². The first kappa shape index (κ1) is 15.1. The predicted octanol–water partition coefficient (Wildman–Crippen LogP) is -0.158. The first-order chi connectivity index (χ1) is 10.3. The van der Waals surface area contributed by atoms with E-state index in [0.29, 0.717) is 11.1 Å². The van der Waals surface area contributed by atoms with Crippen molar-refractivity contribution in [3.63, 3.8) is 0 Å². The zero-order chi connectivity index (χ0) is 16.1. The Bertz CT molecular complexity index is 638. The Morgan fingerprint density at radius 2 is 1.82 bits per heavy atom. The molecule has 1 aromatic carbocycles. The fraction of sp³-hybridized carbons (Fsp3) is 0.400. The molecule has 2 heterocycles. The molecule has 0 bridgehead atoms. The lowest BCUT2D eigenvalue weighted by molar-refractivity contribution is -0.308.